The van der Waals surface area contributed by atoms with Crippen molar-refractivity contribution in [2.75, 3.05) is 5.32 Å². The van der Waals surface area contributed by atoms with Crippen molar-refractivity contribution in [1.82, 2.24) is 9.88 Å². The first-order chi connectivity index (χ1) is 15.4. The van der Waals surface area contributed by atoms with Crippen LogP contribution >= 0.6 is 0 Å². The number of amides is 2. The number of allylic oxidation sites excluding steroid dienone is 1. The fourth-order valence-corrected chi connectivity index (χ4v) is 4.18. The minimum atomic E-state index is -5.05. The number of fused-ring (bicyclic) bond motifs is 1. The van der Waals surface area contributed by atoms with E-state index in [0.717, 1.165) is 18.2 Å². The van der Waals surface area contributed by atoms with Crippen molar-refractivity contribution < 1.29 is 36.3 Å². The Morgan fingerprint density at radius 3 is 2.42 bits per heavy atom. The fourth-order valence-electron chi connectivity index (χ4n) is 4.18. The molecule has 3 heterocycles. The van der Waals surface area contributed by atoms with E-state index < -0.39 is 46.6 Å². The maximum absolute atomic E-state index is 13.5. The van der Waals surface area contributed by atoms with E-state index in [-0.39, 0.29) is 22.5 Å². The number of hydrogen-bond acceptors (Lipinski definition) is 4. The van der Waals surface area contributed by atoms with E-state index in [1.165, 1.54) is 6.92 Å². The average molecular weight is 468 g/mol. The Hall–Kier alpha value is -3.70. The number of Topliss-reactive ketones (excluding diaryl/α,β-unsaturated/α-hetero) is 1. The predicted molar refractivity (Wildman–Crippen MR) is 105 cm³/mol. The molecule has 0 saturated carbocycles. The molecule has 2 amide bonds. The summed E-state index contributed by atoms with van der Waals surface area (Å²) in [6, 6.07) is 2.80. The van der Waals surface area contributed by atoms with Gasteiger partial charge in [0.15, 0.2) is 11.6 Å². The summed E-state index contributed by atoms with van der Waals surface area (Å²) in [5.41, 5.74) is 2.07. The summed E-state index contributed by atoms with van der Waals surface area (Å²) in [5, 5.41) is 4.30. The minimum Gasteiger partial charge on any atom is -0.367 e. The molecule has 1 atom stereocenters. The lowest BCUT2D eigenvalue weighted by Crippen LogP contribution is -2.69. The van der Waals surface area contributed by atoms with Gasteiger partial charge in [-0.2, -0.15) is 13.2 Å². The number of anilines is 1. The molecule has 2 aliphatic heterocycles. The molecule has 7 nitrogen and oxygen atoms in total. The number of carbonyl (C=O) groups is 3. The van der Waals surface area contributed by atoms with E-state index in [1.807, 2.05) is 5.32 Å². The van der Waals surface area contributed by atoms with Crippen LogP contribution in [0, 0.1) is 18.6 Å². The van der Waals surface area contributed by atoms with Crippen LogP contribution in [0.25, 0.3) is 0 Å². The number of carbonyl (C=O) groups excluding carboxylic acids is 3. The van der Waals surface area contributed by atoms with Gasteiger partial charge in [-0.3, -0.25) is 14.4 Å². The van der Waals surface area contributed by atoms with Crippen LogP contribution in [0.1, 0.15) is 38.5 Å². The van der Waals surface area contributed by atoms with Crippen molar-refractivity contribution in [3.8, 4) is 0 Å². The summed E-state index contributed by atoms with van der Waals surface area (Å²) in [6.07, 6.45) is -3.62. The first kappa shape index (κ1) is 22.5. The van der Waals surface area contributed by atoms with Crippen LogP contribution in [-0.4, -0.2) is 33.9 Å². The molecule has 0 saturated heterocycles. The number of nitrogens with one attached hydrogen (secondary N) is 2. The van der Waals surface area contributed by atoms with E-state index in [4.69, 9.17) is 5.73 Å². The highest BCUT2D eigenvalue weighted by Gasteiger charge is 2.63. The molecule has 0 bridgehead atoms. The molecule has 4 N–H and O–H groups in total. The zero-order chi connectivity index (χ0) is 24.3. The van der Waals surface area contributed by atoms with Gasteiger partial charge in [0.25, 0.3) is 11.8 Å². The third-order valence-electron chi connectivity index (χ3n) is 5.80. The van der Waals surface area contributed by atoms with Gasteiger partial charge in [0, 0.05) is 29.6 Å². The maximum Gasteiger partial charge on any atom is 0.424 e. The van der Waals surface area contributed by atoms with Crippen molar-refractivity contribution >= 4 is 23.3 Å². The number of rotatable bonds is 5. The molecule has 1 aromatic heterocycles. The molecular formula is C21H17F5N4O3. The first-order valence-corrected chi connectivity index (χ1v) is 9.78. The number of alkyl halides is 3. The smallest absolute Gasteiger partial charge is 0.367 e. The quantitative estimate of drug-likeness (QED) is 0.464. The Labute approximate surface area is 183 Å². The van der Waals surface area contributed by atoms with Gasteiger partial charge in [-0.1, -0.05) is 0 Å². The summed E-state index contributed by atoms with van der Waals surface area (Å²) in [6.45, 7) is 1.84. The highest BCUT2D eigenvalue weighted by molar-refractivity contribution is 6.15. The molecule has 33 heavy (non-hydrogen) atoms. The van der Waals surface area contributed by atoms with Gasteiger partial charge in [0.05, 0.1) is 5.70 Å². The van der Waals surface area contributed by atoms with Crippen molar-refractivity contribution in [3.63, 3.8) is 0 Å². The summed E-state index contributed by atoms with van der Waals surface area (Å²) in [7, 11) is 0. The molecule has 2 aliphatic rings. The van der Waals surface area contributed by atoms with Gasteiger partial charge in [0.1, 0.15) is 5.69 Å². The maximum atomic E-state index is 13.5. The Kier molecular flexibility index (Phi) is 5.06. The molecule has 0 aliphatic carbocycles. The van der Waals surface area contributed by atoms with Crippen LogP contribution in [0.3, 0.4) is 0 Å². The average Bonchev–Trinajstić information content (AvgIpc) is 3.21. The molecule has 0 fully saturated rings. The highest BCUT2D eigenvalue weighted by atomic mass is 19.4. The minimum absolute atomic E-state index is 0.0143. The van der Waals surface area contributed by atoms with Crippen LogP contribution < -0.4 is 16.4 Å². The molecule has 1 aromatic carbocycles. The summed E-state index contributed by atoms with van der Waals surface area (Å²) in [5.74, 6) is -5.46. The van der Waals surface area contributed by atoms with Gasteiger partial charge in [-0.25, -0.2) is 8.78 Å². The van der Waals surface area contributed by atoms with Crippen molar-refractivity contribution in [3.05, 3.63) is 64.1 Å². The number of hydrogen-bond donors (Lipinski definition) is 3. The zero-order valence-electron chi connectivity index (χ0n) is 17.1. The number of primary amides is 1. The van der Waals surface area contributed by atoms with E-state index in [9.17, 15) is 36.3 Å². The Bertz CT molecular complexity index is 1250. The third kappa shape index (κ3) is 3.36. The van der Waals surface area contributed by atoms with Crippen LogP contribution in [0.5, 0.6) is 0 Å². The largest absolute Gasteiger partial charge is 0.424 e. The fraction of sp³-hybridized carbons (Fsp3) is 0.286. The third-order valence-corrected chi connectivity index (χ3v) is 5.80. The Morgan fingerprint density at radius 2 is 1.85 bits per heavy atom. The molecule has 0 spiro atoms. The number of halogens is 5. The number of benzene rings is 1. The second-order valence-corrected chi connectivity index (χ2v) is 7.82. The monoisotopic (exact) mass is 468 g/mol. The molecule has 4 rings (SSSR count). The van der Waals surface area contributed by atoms with Crippen LogP contribution in [-0.2, 0) is 17.8 Å². The van der Waals surface area contributed by atoms with Gasteiger partial charge in [0.2, 0.25) is 11.3 Å². The van der Waals surface area contributed by atoms with E-state index in [0.29, 0.717) is 31.2 Å². The second kappa shape index (κ2) is 7.42. The normalized spacial score (nSPS) is 19.3. The van der Waals surface area contributed by atoms with Gasteiger partial charge < -0.3 is 20.9 Å². The topological polar surface area (TPSA) is 106 Å². The number of nitrogens with two attached hydrogens (primary N) is 1. The molecule has 2 aromatic rings. The highest BCUT2D eigenvalue weighted by Crippen LogP contribution is 2.40. The lowest BCUT2D eigenvalue weighted by molar-refractivity contribution is -0.189. The summed E-state index contributed by atoms with van der Waals surface area (Å²) >= 11 is 0. The van der Waals surface area contributed by atoms with Gasteiger partial charge in [-0.15, -0.1) is 0 Å². The van der Waals surface area contributed by atoms with Crippen molar-refractivity contribution in [2.45, 2.75) is 38.0 Å². The van der Waals surface area contributed by atoms with Gasteiger partial charge in [-0.05, 0) is 43.5 Å². The standard InChI is InChI=1S/C21H17F5N4O3/c1-9-15(17(31)13-8-20(29-13,19(27)33)21(24,25)26)14-3-2-6-30(14)16(9)18(32)28-10-4-5-11(22)12(23)7-10/h4-5,7-8,29H,2-3,6H2,1H3,(H2,27,33)(H,28,32)/t20-/m0/s1. The molecular weight excluding hydrogens is 451 g/mol. The van der Waals surface area contributed by atoms with E-state index in [2.05, 4.69) is 5.32 Å². The van der Waals surface area contributed by atoms with Crippen LogP contribution in [0.2, 0.25) is 0 Å². The second-order valence-electron chi connectivity index (χ2n) is 7.82. The van der Waals surface area contributed by atoms with Crippen LogP contribution in [0.15, 0.2) is 30.0 Å². The molecule has 12 heteroatoms. The Balaban J connectivity index is 1.69. The first-order valence-electron chi connectivity index (χ1n) is 9.78. The summed E-state index contributed by atoms with van der Waals surface area (Å²) < 4.78 is 68.1. The number of nitrogens with zero attached hydrogens (tertiary/aromatic N) is 1. The van der Waals surface area contributed by atoms with E-state index >= 15 is 0 Å². The zero-order valence-corrected chi connectivity index (χ0v) is 17.1. The number of ketones is 1. The van der Waals surface area contributed by atoms with Gasteiger partial charge >= 0.3 is 6.18 Å². The molecule has 0 unspecified atom stereocenters. The van der Waals surface area contributed by atoms with E-state index in [1.54, 1.807) is 4.57 Å². The van der Waals surface area contributed by atoms with Crippen LogP contribution in [0.4, 0.5) is 27.6 Å². The lowest BCUT2D eigenvalue weighted by Gasteiger charge is -2.39. The van der Waals surface area contributed by atoms with Crippen molar-refractivity contribution in [1.29, 1.82) is 0 Å². The van der Waals surface area contributed by atoms with Crippen molar-refractivity contribution in [2.24, 2.45) is 5.73 Å². The number of aromatic nitrogens is 1. The SMILES string of the molecule is Cc1c(C(=O)C2=C[C@](C(N)=O)(C(F)(F)F)N2)c2n(c1C(=O)Nc1ccc(F)c(F)c1)CCC2. The molecule has 174 valence electrons. The molecule has 0 radical (unpaired) electrons. The Morgan fingerprint density at radius 1 is 1.18 bits per heavy atom. The summed E-state index contributed by atoms with van der Waals surface area (Å²) in [4.78, 5) is 37.3. The lowest BCUT2D eigenvalue weighted by atomic mass is 9.85. The predicted octanol–water partition coefficient (Wildman–Crippen LogP) is 2.73.